The van der Waals surface area contributed by atoms with Crippen molar-refractivity contribution in [3.8, 4) is 0 Å². The zero-order valence-corrected chi connectivity index (χ0v) is 12.8. The highest BCUT2D eigenvalue weighted by molar-refractivity contribution is 5.50. The predicted octanol–water partition coefficient (Wildman–Crippen LogP) is 4.71. The molecule has 0 bridgehead atoms. The third-order valence-electron chi connectivity index (χ3n) is 4.38. The first-order chi connectivity index (χ1) is 11.9. The van der Waals surface area contributed by atoms with Crippen LogP contribution in [0.1, 0.15) is 48.2 Å². The lowest BCUT2D eigenvalue weighted by atomic mass is 9.83. The van der Waals surface area contributed by atoms with Crippen molar-refractivity contribution in [3.63, 3.8) is 0 Å². The zero-order valence-electron chi connectivity index (χ0n) is 15.8. The highest BCUT2D eigenvalue weighted by Crippen LogP contribution is 2.31. The molecule has 1 fully saturated rings. The molecule has 0 saturated heterocycles. The van der Waals surface area contributed by atoms with E-state index < -0.39 is 11.0 Å². The lowest BCUT2D eigenvalue weighted by molar-refractivity contribution is -0.384. The van der Waals surface area contributed by atoms with Crippen molar-refractivity contribution in [1.29, 1.82) is 0 Å². The van der Waals surface area contributed by atoms with Gasteiger partial charge in [-0.05, 0) is 31.4 Å². The molecule has 1 aromatic rings. The molecule has 1 aliphatic carbocycles. The predicted molar refractivity (Wildman–Crippen MR) is 87.2 cm³/mol. The number of non-ortho nitro benzene ring substituents is 1. The van der Waals surface area contributed by atoms with Crippen LogP contribution >= 0.6 is 0 Å². The summed E-state index contributed by atoms with van der Waals surface area (Å²) in [6.07, 6.45) is 6.48. The number of nitro groups is 1. The fraction of sp³-hybridized carbons (Fsp3) is 0.529. The Labute approximate surface area is 135 Å². The van der Waals surface area contributed by atoms with Crippen LogP contribution in [-0.4, -0.2) is 16.2 Å². The van der Waals surface area contributed by atoms with E-state index in [9.17, 15) is 10.1 Å². The van der Waals surface area contributed by atoms with Crippen LogP contribution in [0.2, 0.25) is 1.43 Å². The van der Waals surface area contributed by atoms with Crippen LogP contribution in [0.25, 0.3) is 0 Å². The van der Waals surface area contributed by atoms with E-state index in [4.69, 9.17) is 9.38 Å². The Bertz CT molecular complexity index is 612. The third kappa shape index (κ3) is 4.07. The summed E-state index contributed by atoms with van der Waals surface area (Å²) < 4.78 is 22.8. The fourth-order valence-electron chi connectivity index (χ4n) is 3.09. The van der Waals surface area contributed by atoms with E-state index in [1.165, 1.54) is 48.6 Å². The van der Waals surface area contributed by atoms with Crippen LogP contribution in [0, 0.1) is 16.0 Å². The van der Waals surface area contributed by atoms with Crippen LogP contribution in [-0.2, 0) is 0 Å². The molecule has 0 amide bonds. The SMILES string of the molecule is [2H]ON(c1ccc([N+](=O)[O-])cc1)C(CC1CCCCC1)C(C)=C([2H])[2H]. The lowest BCUT2D eigenvalue weighted by Crippen LogP contribution is -2.35. The maximum Gasteiger partial charge on any atom is 0.269 e. The number of nitrogens with zero attached hydrogens (tertiary/aromatic N) is 2. The van der Waals surface area contributed by atoms with Crippen molar-refractivity contribution in [2.45, 2.75) is 51.5 Å². The molecule has 1 aliphatic rings. The van der Waals surface area contributed by atoms with Gasteiger partial charge in [0, 0.05) is 12.1 Å². The molecule has 0 heterocycles. The molecule has 2 rings (SSSR count). The second-order valence-corrected chi connectivity index (χ2v) is 6.04. The molecule has 120 valence electrons. The molecule has 1 atom stereocenters. The average molecular weight is 307 g/mol. The molecule has 22 heavy (non-hydrogen) atoms. The van der Waals surface area contributed by atoms with E-state index in [1.807, 2.05) is 0 Å². The first-order valence-corrected chi connectivity index (χ1v) is 7.75. The van der Waals surface area contributed by atoms with Crippen LogP contribution < -0.4 is 5.06 Å². The number of hydrogen-bond donors (Lipinski definition) is 1. The summed E-state index contributed by atoms with van der Waals surface area (Å²) in [5.41, 5.74) is 0.990. The van der Waals surface area contributed by atoms with E-state index >= 15 is 0 Å². The van der Waals surface area contributed by atoms with Crippen LogP contribution in [0.5, 0.6) is 0 Å². The molecule has 1 aromatic carbocycles. The number of anilines is 1. The maximum absolute atomic E-state index is 10.8. The molecule has 0 aliphatic heterocycles. The smallest absolute Gasteiger partial charge is 0.269 e. The Hall–Kier alpha value is -1.88. The minimum Gasteiger partial charge on any atom is -0.288 e. The summed E-state index contributed by atoms with van der Waals surface area (Å²) in [5, 5.41) is 17.0. The summed E-state index contributed by atoms with van der Waals surface area (Å²) in [4.78, 5) is 10.3. The fourth-order valence-corrected chi connectivity index (χ4v) is 3.09. The molecule has 1 saturated carbocycles. The summed E-state index contributed by atoms with van der Waals surface area (Å²) >= 11 is 0. The normalized spacial score (nSPS) is 18.7. The van der Waals surface area contributed by atoms with Gasteiger partial charge in [0.1, 0.15) is 0 Å². The van der Waals surface area contributed by atoms with Crippen molar-refractivity contribution in [3.05, 3.63) is 46.5 Å². The molecule has 5 heteroatoms. The van der Waals surface area contributed by atoms with Gasteiger partial charge in [0.05, 0.1) is 19.4 Å². The standard InChI is InChI=1S/C17H24N2O3/c1-13(2)17(12-14-6-4-3-5-7-14)18(20)15-8-10-16(11-9-15)19(21)22/h8-11,14,17,20H,1,3-7,12H2,2H3/i1D2,20D. The third-order valence-corrected chi connectivity index (χ3v) is 4.38. The van der Waals surface area contributed by atoms with E-state index in [2.05, 4.69) is 0 Å². The average Bonchev–Trinajstić information content (AvgIpc) is 2.62. The van der Waals surface area contributed by atoms with Gasteiger partial charge in [-0.25, -0.2) is 5.06 Å². The minimum atomic E-state index is -0.480. The van der Waals surface area contributed by atoms with Gasteiger partial charge < -0.3 is 0 Å². The Balaban J connectivity index is 2.28. The summed E-state index contributed by atoms with van der Waals surface area (Å²) in [7, 11) is 0. The van der Waals surface area contributed by atoms with Gasteiger partial charge in [-0.3, -0.25) is 15.3 Å². The molecule has 0 aromatic heterocycles. The molecule has 5 nitrogen and oxygen atoms in total. The largest absolute Gasteiger partial charge is 0.288 e. The number of hydrogen-bond acceptors (Lipinski definition) is 4. The molecule has 1 unspecified atom stereocenters. The molecule has 0 spiro atoms. The molecular formula is C17H24N2O3. The summed E-state index contributed by atoms with van der Waals surface area (Å²) in [5.74, 6) is 0.462. The zero-order chi connectivity index (χ0) is 18.4. The van der Waals surface area contributed by atoms with Crippen LogP contribution in [0.4, 0.5) is 11.4 Å². The second kappa shape index (κ2) is 7.40. The number of nitro benzene ring substituents is 1. The first-order valence-electron chi connectivity index (χ1n) is 9.15. The van der Waals surface area contributed by atoms with Gasteiger partial charge in [0.15, 0.2) is 0 Å². The number of rotatable bonds is 7. The highest BCUT2D eigenvalue weighted by atomic mass is 16.6. The van der Waals surface area contributed by atoms with E-state index in [0.29, 0.717) is 23.6 Å². The lowest BCUT2D eigenvalue weighted by Gasteiger charge is -2.32. The summed E-state index contributed by atoms with van der Waals surface area (Å²) in [6, 6.07) is 5.37. The Kier molecular flexibility index (Phi) is 4.25. The molecule has 0 radical (unpaired) electrons. The molecular weight excluding hydrogens is 280 g/mol. The van der Waals surface area contributed by atoms with Gasteiger partial charge in [0.25, 0.3) is 5.69 Å². The number of benzene rings is 1. The highest BCUT2D eigenvalue weighted by Gasteiger charge is 2.24. The first kappa shape index (κ1) is 12.6. The van der Waals surface area contributed by atoms with Gasteiger partial charge in [-0.15, -0.1) is 0 Å². The van der Waals surface area contributed by atoms with E-state index in [0.717, 1.165) is 12.8 Å². The second-order valence-electron chi connectivity index (χ2n) is 6.04. The quantitative estimate of drug-likeness (QED) is 0.450. The summed E-state index contributed by atoms with van der Waals surface area (Å²) in [6.45, 7) is 1.42. The Morgan fingerprint density at radius 1 is 1.50 bits per heavy atom. The topological polar surface area (TPSA) is 66.6 Å². The van der Waals surface area contributed by atoms with Gasteiger partial charge in [0.2, 0.25) is 1.43 Å². The van der Waals surface area contributed by atoms with Gasteiger partial charge in [-0.1, -0.05) is 44.2 Å². The van der Waals surface area contributed by atoms with Crippen LogP contribution in [0.3, 0.4) is 0 Å². The van der Waals surface area contributed by atoms with Gasteiger partial charge >= 0.3 is 0 Å². The van der Waals surface area contributed by atoms with Crippen molar-refractivity contribution in [2.75, 3.05) is 5.06 Å². The van der Waals surface area contributed by atoms with Crippen molar-refractivity contribution < 1.29 is 14.3 Å². The monoisotopic (exact) mass is 307 g/mol. The van der Waals surface area contributed by atoms with E-state index in [1.54, 1.807) is 6.92 Å². The van der Waals surface area contributed by atoms with Crippen molar-refractivity contribution >= 4 is 11.4 Å². The Morgan fingerprint density at radius 2 is 2.18 bits per heavy atom. The van der Waals surface area contributed by atoms with Crippen LogP contribution in [0.15, 0.2) is 36.4 Å². The molecule has 1 N–H and O–H groups in total. The van der Waals surface area contributed by atoms with Crippen molar-refractivity contribution in [1.82, 2.24) is 0 Å². The minimum absolute atomic E-state index is 0.0357. The number of hydroxylamine groups is 1. The van der Waals surface area contributed by atoms with Crippen molar-refractivity contribution in [2.24, 2.45) is 5.92 Å². The van der Waals surface area contributed by atoms with E-state index in [-0.39, 0.29) is 12.2 Å². The maximum atomic E-state index is 10.8. The van der Waals surface area contributed by atoms with Gasteiger partial charge in [-0.2, -0.15) is 0 Å². The Morgan fingerprint density at radius 3 is 2.73 bits per heavy atom.